The Kier molecular flexibility index (Phi) is 2.42. The highest BCUT2D eigenvalue weighted by molar-refractivity contribution is 5.21. The van der Waals surface area contributed by atoms with E-state index in [1.807, 2.05) is 0 Å². The van der Waals surface area contributed by atoms with Crippen molar-refractivity contribution in [1.82, 2.24) is 20.8 Å². The molecule has 9 nitrogen and oxygen atoms in total. The third kappa shape index (κ3) is 1.33. The molecule has 2 N–H and O–H groups in total. The summed E-state index contributed by atoms with van der Waals surface area (Å²) in [5, 5.41) is 45.4. The van der Waals surface area contributed by atoms with Crippen molar-refractivity contribution in [3.8, 4) is 0 Å². The van der Waals surface area contributed by atoms with Crippen LogP contribution < -0.4 is 0 Å². The summed E-state index contributed by atoms with van der Waals surface area (Å²) < 4.78 is 4.37. The van der Waals surface area contributed by atoms with Crippen molar-refractivity contribution in [2.45, 2.75) is 24.9 Å². The summed E-state index contributed by atoms with van der Waals surface area (Å²) in [6, 6.07) is 0. The summed E-state index contributed by atoms with van der Waals surface area (Å²) in [4.78, 5) is 0. The van der Waals surface area contributed by atoms with E-state index in [0.717, 1.165) is 0 Å². The van der Waals surface area contributed by atoms with Gasteiger partial charge >= 0.3 is 0 Å². The van der Waals surface area contributed by atoms with Crippen molar-refractivity contribution >= 4 is 0 Å². The van der Waals surface area contributed by atoms with Crippen LogP contribution in [0.25, 0.3) is 0 Å². The highest BCUT2D eigenvalue weighted by Gasteiger charge is 2.43. The Morgan fingerprint density at radius 1 is 1.27 bits per heavy atom. The lowest BCUT2D eigenvalue weighted by molar-refractivity contribution is -0.281. The van der Waals surface area contributed by atoms with Gasteiger partial charge in [0.1, 0.15) is 17.1 Å². The van der Waals surface area contributed by atoms with Gasteiger partial charge in [-0.25, -0.2) is 15.1 Å². The molecule has 15 heavy (non-hydrogen) atoms. The fourth-order valence-corrected chi connectivity index (χ4v) is 1.74. The highest BCUT2D eigenvalue weighted by Crippen LogP contribution is 2.38. The van der Waals surface area contributed by atoms with Crippen LogP contribution in [0.2, 0.25) is 0 Å². The molecule has 0 saturated carbocycles. The third-order valence-electron chi connectivity index (χ3n) is 2.51. The normalized spacial score (nSPS) is 19.6. The molecule has 0 spiro atoms. The number of fused-ring (bicyclic) bond motifs is 1. The van der Waals surface area contributed by atoms with E-state index >= 15 is 0 Å². The highest BCUT2D eigenvalue weighted by atomic mass is 16.8. The zero-order valence-electron chi connectivity index (χ0n) is 7.53. The Labute approximate surface area is 83.5 Å². The lowest BCUT2D eigenvalue weighted by Gasteiger charge is -2.51. The van der Waals surface area contributed by atoms with Crippen LogP contribution in [0.4, 0.5) is 0 Å². The van der Waals surface area contributed by atoms with Crippen LogP contribution in [0.1, 0.15) is 24.2 Å². The molecule has 1 aromatic heterocycles. The van der Waals surface area contributed by atoms with Gasteiger partial charge in [0.15, 0.2) is 0 Å². The summed E-state index contributed by atoms with van der Waals surface area (Å²) in [7, 11) is 0. The van der Waals surface area contributed by atoms with Gasteiger partial charge in [0.25, 0.3) is 0 Å². The predicted octanol–water partition coefficient (Wildman–Crippen LogP) is -0.0633. The SMILES string of the molecule is [O-]N(O)C1(N([O-])O)CCCc2nonc21. The average molecular weight is 216 g/mol. The molecule has 1 aliphatic carbocycles. The molecule has 0 aromatic carbocycles. The van der Waals surface area contributed by atoms with E-state index in [9.17, 15) is 10.4 Å². The van der Waals surface area contributed by atoms with Crippen molar-refractivity contribution in [2.75, 3.05) is 0 Å². The number of rotatable bonds is 2. The molecule has 84 valence electrons. The Bertz CT molecular complexity index is 343. The number of hydrogen-bond acceptors (Lipinski definition) is 9. The van der Waals surface area contributed by atoms with Gasteiger partial charge in [0, 0.05) is 0 Å². The number of hydrogen-bond donors (Lipinski definition) is 2. The van der Waals surface area contributed by atoms with Crippen LogP contribution in [-0.4, -0.2) is 31.2 Å². The first-order valence-electron chi connectivity index (χ1n) is 4.23. The second kappa shape index (κ2) is 3.48. The largest absolute Gasteiger partial charge is 0.760 e. The first kappa shape index (κ1) is 10.4. The maximum Gasteiger partial charge on any atom is 0.145 e. The van der Waals surface area contributed by atoms with Gasteiger partial charge in [-0.1, -0.05) is 10.3 Å². The van der Waals surface area contributed by atoms with E-state index in [0.29, 0.717) is 12.8 Å². The van der Waals surface area contributed by atoms with Crippen molar-refractivity contribution in [2.24, 2.45) is 0 Å². The minimum Gasteiger partial charge on any atom is -0.760 e. The topological polar surface area (TPSA) is 132 Å². The molecule has 0 bridgehead atoms. The molecule has 2 rings (SSSR count). The molecule has 0 saturated heterocycles. The zero-order chi connectivity index (χ0) is 11.1. The quantitative estimate of drug-likeness (QED) is 0.514. The van der Waals surface area contributed by atoms with Crippen LogP contribution in [0.3, 0.4) is 0 Å². The number of nitrogens with zero attached hydrogens (tertiary/aromatic N) is 4. The Morgan fingerprint density at radius 2 is 1.93 bits per heavy atom. The molecular weight excluding hydrogens is 208 g/mol. The summed E-state index contributed by atoms with van der Waals surface area (Å²) in [5.74, 6) is 0. The monoisotopic (exact) mass is 216 g/mol. The predicted molar refractivity (Wildman–Crippen MR) is 42.9 cm³/mol. The molecule has 1 aromatic rings. The smallest absolute Gasteiger partial charge is 0.145 e. The summed E-state index contributed by atoms with van der Waals surface area (Å²) in [6.07, 6.45) is 0.816. The van der Waals surface area contributed by atoms with E-state index in [1.54, 1.807) is 0 Å². The number of hydroxylamine groups is 4. The summed E-state index contributed by atoms with van der Waals surface area (Å²) >= 11 is 0. The van der Waals surface area contributed by atoms with Crippen molar-refractivity contribution in [3.05, 3.63) is 21.8 Å². The van der Waals surface area contributed by atoms with E-state index in [1.165, 1.54) is 0 Å². The number of aromatic nitrogens is 2. The van der Waals surface area contributed by atoms with Gasteiger partial charge in [-0.2, -0.15) is 0 Å². The molecule has 0 aliphatic heterocycles. The fraction of sp³-hybridized carbons (Fsp3) is 0.667. The van der Waals surface area contributed by atoms with Crippen LogP contribution >= 0.6 is 0 Å². The second-order valence-corrected chi connectivity index (χ2v) is 3.28. The number of aryl methyl sites for hydroxylation is 1. The molecule has 0 unspecified atom stereocenters. The van der Waals surface area contributed by atoms with E-state index < -0.39 is 16.1 Å². The van der Waals surface area contributed by atoms with Crippen molar-refractivity contribution in [3.63, 3.8) is 0 Å². The Morgan fingerprint density at radius 3 is 2.53 bits per heavy atom. The lowest BCUT2D eigenvalue weighted by Crippen LogP contribution is -2.53. The van der Waals surface area contributed by atoms with Crippen molar-refractivity contribution < 1.29 is 15.0 Å². The zero-order valence-corrected chi connectivity index (χ0v) is 7.53. The Hall–Kier alpha value is -1.10. The van der Waals surface area contributed by atoms with Crippen LogP contribution in [0, 0.1) is 10.4 Å². The molecule has 0 amide bonds. The molecule has 0 atom stereocenters. The molecule has 1 heterocycles. The molecular formula is C6H8N4O5-2. The second-order valence-electron chi connectivity index (χ2n) is 3.28. The van der Waals surface area contributed by atoms with Crippen LogP contribution in [-0.2, 0) is 12.1 Å². The van der Waals surface area contributed by atoms with E-state index in [4.69, 9.17) is 10.4 Å². The first-order chi connectivity index (χ1) is 7.09. The average Bonchev–Trinajstić information content (AvgIpc) is 2.63. The lowest BCUT2D eigenvalue weighted by atomic mass is 9.90. The summed E-state index contributed by atoms with van der Waals surface area (Å²) in [6.45, 7) is 0. The third-order valence-corrected chi connectivity index (χ3v) is 2.51. The van der Waals surface area contributed by atoms with E-state index in [-0.39, 0.29) is 17.8 Å². The minimum absolute atomic E-state index is 0.0613. The summed E-state index contributed by atoms with van der Waals surface area (Å²) in [5.41, 5.74) is -2.03. The fourth-order valence-electron chi connectivity index (χ4n) is 1.74. The minimum atomic E-state index is -2.16. The molecule has 1 aliphatic rings. The van der Waals surface area contributed by atoms with Gasteiger partial charge in [-0.3, -0.25) is 0 Å². The van der Waals surface area contributed by atoms with Gasteiger partial charge in [-0.15, -0.1) is 0 Å². The van der Waals surface area contributed by atoms with Gasteiger partial charge in [0.2, 0.25) is 0 Å². The molecule has 0 fully saturated rings. The maximum atomic E-state index is 11.0. The van der Waals surface area contributed by atoms with E-state index in [2.05, 4.69) is 14.9 Å². The Balaban J connectivity index is 2.52. The van der Waals surface area contributed by atoms with Gasteiger partial charge in [0.05, 0.1) is 0 Å². The van der Waals surface area contributed by atoms with Crippen LogP contribution in [0.5, 0.6) is 0 Å². The van der Waals surface area contributed by atoms with Crippen LogP contribution in [0.15, 0.2) is 4.63 Å². The van der Waals surface area contributed by atoms with Gasteiger partial charge < -0.3 is 20.8 Å². The molecule has 9 heteroatoms. The maximum absolute atomic E-state index is 11.0. The van der Waals surface area contributed by atoms with Crippen molar-refractivity contribution in [1.29, 1.82) is 0 Å². The standard InChI is InChI=1S/C6H8N4O5/c11-9(12)6(10(13)14)3-1-2-4-5(6)8-15-7-4/h11,13H,1-3H2/q-2. The first-order valence-corrected chi connectivity index (χ1v) is 4.23. The van der Waals surface area contributed by atoms with Gasteiger partial charge in [-0.05, 0) is 19.3 Å². The molecule has 0 radical (unpaired) electrons.